The first-order valence-electron chi connectivity index (χ1n) is 6.24. The standard InChI is InChI=1S/C12H27N3O/c1-6-14(5)12(16)9-13-11(4)10-15(7-2)8-3/h11,13H,6-10H2,1-5H3. The van der Waals surface area contributed by atoms with Crippen LogP contribution in [0.15, 0.2) is 0 Å². The van der Waals surface area contributed by atoms with E-state index in [0.717, 1.165) is 26.2 Å². The van der Waals surface area contributed by atoms with Crippen LogP contribution < -0.4 is 5.32 Å². The van der Waals surface area contributed by atoms with Crippen LogP contribution in [0.3, 0.4) is 0 Å². The lowest BCUT2D eigenvalue weighted by atomic mass is 10.3. The van der Waals surface area contributed by atoms with Crippen molar-refractivity contribution in [3.8, 4) is 0 Å². The van der Waals surface area contributed by atoms with Gasteiger partial charge in [0.15, 0.2) is 0 Å². The van der Waals surface area contributed by atoms with Crippen molar-refractivity contribution in [3.05, 3.63) is 0 Å². The zero-order valence-corrected chi connectivity index (χ0v) is 11.4. The quantitative estimate of drug-likeness (QED) is 0.668. The maximum absolute atomic E-state index is 11.6. The Hall–Kier alpha value is -0.610. The Labute approximate surface area is 100.0 Å². The Morgan fingerprint density at radius 3 is 2.19 bits per heavy atom. The van der Waals surface area contributed by atoms with Gasteiger partial charge in [0.25, 0.3) is 0 Å². The first-order chi connectivity index (χ1) is 7.54. The van der Waals surface area contributed by atoms with E-state index in [4.69, 9.17) is 0 Å². The van der Waals surface area contributed by atoms with E-state index in [1.807, 2.05) is 14.0 Å². The number of rotatable bonds is 8. The van der Waals surface area contributed by atoms with Crippen molar-refractivity contribution in [2.24, 2.45) is 0 Å². The van der Waals surface area contributed by atoms with Crippen LogP contribution in [0, 0.1) is 0 Å². The molecule has 16 heavy (non-hydrogen) atoms. The van der Waals surface area contributed by atoms with Crippen molar-refractivity contribution in [3.63, 3.8) is 0 Å². The summed E-state index contributed by atoms with van der Waals surface area (Å²) >= 11 is 0. The van der Waals surface area contributed by atoms with Gasteiger partial charge in [-0.1, -0.05) is 13.8 Å². The van der Waals surface area contributed by atoms with Gasteiger partial charge in [0, 0.05) is 26.2 Å². The lowest BCUT2D eigenvalue weighted by Crippen LogP contribution is -2.44. The van der Waals surface area contributed by atoms with Crippen molar-refractivity contribution in [1.82, 2.24) is 15.1 Å². The second-order valence-electron chi connectivity index (χ2n) is 4.18. The minimum Gasteiger partial charge on any atom is -0.345 e. The molecule has 0 bridgehead atoms. The highest BCUT2D eigenvalue weighted by Crippen LogP contribution is 1.92. The zero-order chi connectivity index (χ0) is 12.6. The fourth-order valence-corrected chi connectivity index (χ4v) is 1.51. The minimum atomic E-state index is 0.161. The monoisotopic (exact) mass is 229 g/mol. The lowest BCUT2D eigenvalue weighted by molar-refractivity contribution is -0.128. The lowest BCUT2D eigenvalue weighted by Gasteiger charge is -2.24. The third kappa shape index (κ3) is 6.08. The van der Waals surface area contributed by atoms with Crippen LogP contribution in [-0.4, -0.2) is 61.5 Å². The van der Waals surface area contributed by atoms with Gasteiger partial charge in [-0.15, -0.1) is 0 Å². The smallest absolute Gasteiger partial charge is 0.236 e. The molecule has 0 aliphatic heterocycles. The number of carbonyl (C=O) groups excluding carboxylic acids is 1. The van der Waals surface area contributed by atoms with Crippen LogP contribution in [0.4, 0.5) is 0 Å². The highest BCUT2D eigenvalue weighted by Gasteiger charge is 2.10. The molecule has 0 aromatic carbocycles. The Bertz CT molecular complexity index is 193. The van der Waals surface area contributed by atoms with Crippen molar-refractivity contribution < 1.29 is 4.79 Å². The highest BCUT2D eigenvalue weighted by atomic mass is 16.2. The molecule has 0 spiro atoms. The van der Waals surface area contributed by atoms with Gasteiger partial charge in [0.05, 0.1) is 6.54 Å². The maximum Gasteiger partial charge on any atom is 0.236 e. The number of carbonyl (C=O) groups is 1. The van der Waals surface area contributed by atoms with E-state index in [-0.39, 0.29) is 5.91 Å². The van der Waals surface area contributed by atoms with Gasteiger partial charge < -0.3 is 15.1 Å². The van der Waals surface area contributed by atoms with E-state index in [0.29, 0.717) is 12.6 Å². The Kier molecular flexibility index (Phi) is 8.21. The van der Waals surface area contributed by atoms with Crippen LogP contribution in [0.2, 0.25) is 0 Å². The maximum atomic E-state index is 11.6. The van der Waals surface area contributed by atoms with Crippen molar-refractivity contribution in [2.75, 3.05) is 39.8 Å². The van der Waals surface area contributed by atoms with E-state index in [1.165, 1.54) is 0 Å². The molecule has 1 unspecified atom stereocenters. The Morgan fingerprint density at radius 2 is 1.75 bits per heavy atom. The summed E-state index contributed by atoms with van der Waals surface area (Å²) in [5.74, 6) is 0.161. The molecule has 1 amide bonds. The number of hydrogen-bond donors (Lipinski definition) is 1. The van der Waals surface area contributed by atoms with Crippen molar-refractivity contribution >= 4 is 5.91 Å². The summed E-state index contributed by atoms with van der Waals surface area (Å²) in [5, 5.41) is 3.26. The Morgan fingerprint density at radius 1 is 1.19 bits per heavy atom. The van der Waals surface area contributed by atoms with E-state index in [1.54, 1.807) is 4.90 Å². The number of likely N-dealkylation sites (N-methyl/N-ethyl adjacent to an activating group) is 2. The molecule has 1 N–H and O–H groups in total. The normalized spacial score (nSPS) is 12.9. The number of amides is 1. The second kappa shape index (κ2) is 8.53. The molecule has 0 saturated carbocycles. The number of hydrogen-bond acceptors (Lipinski definition) is 3. The summed E-state index contributed by atoms with van der Waals surface area (Å²) < 4.78 is 0. The summed E-state index contributed by atoms with van der Waals surface area (Å²) in [4.78, 5) is 15.6. The van der Waals surface area contributed by atoms with Gasteiger partial charge in [0.1, 0.15) is 0 Å². The van der Waals surface area contributed by atoms with Crippen molar-refractivity contribution in [1.29, 1.82) is 0 Å². The molecule has 4 heteroatoms. The van der Waals surface area contributed by atoms with Gasteiger partial charge in [-0.2, -0.15) is 0 Å². The average molecular weight is 229 g/mol. The van der Waals surface area contributed by atoms with E-state index < -0.39 is 0 Å². The largest absolute Gasteiger partial charge is 0.345 e. The molecule has 0 aliphatic carbocycles. The molecule has 0 fully saturated rings. The third-order valence-corrected chi connectivity index (χ3v) is 2.93. The van der Waals surface area contributed by atoms with Gasteiger partial charge in [-0.3, -0.25) is 4.79 Å². The van der Waals surface area contributed by atoms with Crippen LogP contribution in [0.1, 0.15) is 27.7 Å². The summed E-state index contributed by atoms with van der Waals surface area (Å²) in [6, 6.07) is 0.356. The van der Waals surface area contributed by atoms with Crippen molar-refractivity contribution in [2.45, 2.75) is 33.7 Å². The minimum absolute atomic E-state index is 0.161. The molecule has 0 heterocycles. The molecule has 1 atom stereocenters. The molecule has 0 rings (SSSR count). The van der Waals surface area contributed by atoms with Crippen LogP contribution in [-0.2, 0) is 4.79 Å². The zero-order valence-electron chi connectivity index (χ0n) is 11.4. The number of nitrogens with zero attached hydrogens (tertiary/aromatic N) is 2. The summed E-state index contributed by atoms with van der Waals surface area (Å²) in [6.45, 7) is 12.7. The first-order valence-corrected chi connectivity index (χ1v) is 6.24. The Balaban J connectivity index is 3.80. The topological polar surface area (TPSA) is 35.6 Å². The average Bonchev–Trinajstić information content (AvgIpc) is 2.31. The van der Waals surface area contributed by atoms with E-state index in [2.05, 4.69) is 31.0 Å². The van der Waals surface area contributed by atoms with E-state index in [9.17, 15) is 4.79 Å². The molecule has 0 aromatic rings. The molecule has 0 radical (unpaired) electrons. The summed E-state index contributed by atoms with van der Waals surface area (Å²) in [6.07, 6.45) is 0. The molecule has 4 nitrogen and oxygen atoms in total. The molecule has 0 saturated heterocycles. The highest BCUT2D eigenvalue weighted by molar-refractivity contribution is 5.77. The van der Waals surface area contributed by atoms with Crippen LogP contribution >= 0.6 is 0 Å². The second-order valence-corrected chi connectivity index (χ2v) is 4.18. The summed E-state index contributed by atoms with van der Waals surface area (Å²) in [5.41, 5.74) is 0. The first kappa shape index (κ1) is 15.4. The fraction of sp³-hybridized carbons (Fsp3) is 0.917. The predicted molar refractivity (Wildman–Crippen MR) is 68.6 cm³/mol. The van der Waals surface area contributed by atoms with E-state index >= 15 is 0 Å². The molecular formula is C12H27N3O. The van der Waals surface area contributed by atoms with Gasteiger partial charge >= 0.3 is 0 Å². The fourth-order valence-electron chi connectivity index (χ4n) is 1.51. The molecule has 0 aliphatic rings. The summed E-state index contributed by atoms with van der Waals surface area (Å²) in [7, 11) is 1.83. The van der Waals surface area contributed by atoms with Crippen LogP contribution in [0.5, 0.6) is 0 Å². The SMILES string of the molecule is CCN(CC)CC(C)NCC(=O)N(C)CC. The molecule has 96 valence electrons. The van der Waals surface area contributed by atoms with Crippen LogP contribution in [0.25, 0.3) is 0 Å². The predicted octanol–water partition coefficient (Wildman–Crippen LogP) is 0.785. The van der Waals surface area contributed by atoms with Gasteiger partial charge in [-0.25, -0.2) is 0 Å². The van der Waals surface area contributed by atoms with Gasteiger partial charge in [0.2, 0.25) is 5.91 Å². The molecular weight excluding hydrogens is 202 g/mol. The third-order valence-electron chi connectivity index (χ3n) is 2.93. The van der Waals surface area contributed by atoms with Gasteiger partial charge in [-0.05, 0) is 26.9 Å². The molecule has 0 aromatic heterocycles. The number of nitrogens with one attached hydrogen (secondary N) is 1.